The minimum Gasteiger partial charge on any atom is -0.497 e. The molecule has 7 heteroatoms. The first-order valence-electron chi connectivity index (χ1n) is 7.01. The Labute approximate surface area is 143 Å². The largest absolute Gasteiger partial charge is 0.497 e. The molecule has 1 amide bonds. The molecule has 0 saturated heterocycles. The molecule has 5 nitrogen and oxygen atoms in total. The maximum atomic E-state index is 12.9. The molecule has 0 spiro atoms. The summed E-state index contributed by atoms with van der Waals surface area (Å²) in [5.74, 6) is -0.950. The van der Waals surface area contributed by atoms with Crippen molar-refractivity contribution in [1.29, 1.82) is 0 Å². The number of rotatable bonds is 6. The van der Waals surface area contributed by atoms with Gasteiger partial charge in [-0.15, -0.1) is 0 Å². The van der Waals surface area contributed by atoms with Crippen molar-refractivity contribution in [1.82, 2.24) is 5.32 Å². The topological polar surface area (TPSA) is 64.6 Å². The number of nitrogens with one attached hydrogen (secondary N) is 1. The molecule has 0 aliphatic heterocycles. The molecule has 126 valence electrons. The molecular weight excluding hydrogens is 337 g/mol. The van der Waals surface area contributed by atoms with Gasteiger partial charge in [-0.25, -0.2) is 9.18 Å². The van der Waals surface area contributed by atoms with Crippen LogP contribution < -0.4 is 10.1 Å². The summed E-state index contributed by atoms with van der Waals surface area (Å²) in [7, 11) is 1.52. The van der Waals surface area contributed by atoms with Crippen molar-refractivity contribution >= 4 is 23.5 Å². The lowest BCUT2D eigenvalue weighted by Crippen LogP contribution is -2.28. The summed E-state index contributed by atoms with van der Waals surface area (Å²) < 4.78 is 22.8. The van der Waals surface area contributed by atoms with E-state index in [4.69, 9.17) is 21.1 Å². The molecule has 0 aliphatic rings. The van der Waals surface area contributed by atoms with E-state index in [0.717, 1.165) is 6.07 Å². The van der Waals surface area contributed by atoms with E-state index < -0.39 is 24.3 Å². The van der Waals surface area contributed by atoms with E-state index in [1.165, 1.54) is 31.4 Å². The fourth-order valence-electron chi connectivity index (χ4n) is 1.85. The van der Waals surface area contributed by atoms with Crippen molar-refractivity contribution in [2.45, 2.75) is 6.54 Å². The number of amides is 1. The number of halogens is 2. The first kappa shape index (κ1) is 17.7. The summed E-state index contributed by atoms with van der Waals surface area (Å²) in [5.41, 5.74) is 0.873. The van der Waals surface area contributed by atoms with Crippen LogP contribution in [0, 0.1) is 5.82 Å². The Morgan fingerprint density at radius 3 is 2.50 bits per heavy atom. The second-order valence-electron chi connectivity index (χ2n) is 4.82. The number of benzene rings is 2. The summed E-state index contributed by atoms with van der Waals surface area (Å²) in [4.78, 5) is 23.5. The second-order valence-corrected chi connectivity index (χ2v) is 5.22. The monoisotopic (exact) mass is 351 g/mol. The summed E-state index contributed by atoms with van der Waals surface area (Å²) in [6.07, 6.45) is 0. The van der Waals surface area contributed by atoms with Crippen LogP contribution in [0.2, 0.25) is 5.02 Å². The van der Waals surface area contributed by atoms with E-state index in [2.05, 4.69) is 5.32 Å². The fraction of sp³-hybridized carbons (Fsp3) is 0.176. The molecular formula is C17H15ClFNO4. The summed E-state index contributed by atoms with van der Waals surface area (Å²) in [6.45, 7) is -0.318. The van der Waals surface area contributed by atoms with E-state index in [0.29, 0.717) is 16.9 Å². The molecule has 0 unspecified atom stereocenters. The fourth-order valence-corrected chi connectivity index (χ4v) is 2.09. The van der Waals surface area contributed by atoms with Crippen LogP contribution in [0.15, 0.2) is 42.5 Å². The van der Waals surface area contributed by atoms with E-state index in [1.807, 2.05) is 0 Å². The van der Waals surface area contributed by atoms with Crippen LogP contribution in [0.4, 0.5) is 4.39 Å². The highest BCUT2D eigenvalue weighted by Crippen LogP contribution is 2.17. The molecule has 0 atom stereocenters. The van der Waals surface area contributed by atoms with Crippen molar-refractivity contribution in [3.8, 4) is 5.75 Å². The second kappa shape index (κ2) is 8.31. The molecule has 0 radical (unpaired) electrons. The van der Waals surface area contributed by atoms with E-state index >= 15 is 0 Å². The predicted octanol–water partition coefficient (Wildman–Crippen LogP) is 2.96. The molecule has 0 aliphatic carbocycles. The van der Waals surface area contributed by atoms with Crippen molar-refractivity contribution < 1.29 is 23.5 Å². The van der Waals surface area contributed by atoms with Crippen molar-refractivity contribution in [2.24, 2.45) is 0 Å². The lowest BCUT2D eigenvalue weighted by atomic mass is 10.2. The lowest BCUT2D eigenvalue weighted by Gasteiger charge is -2.08. The van der Waals surface area contributed by atoms with Gasteiger partial charge in [0.2, 0.25) is 0 Å². The van der Waals surface area contributed by atoms with Crippen molar-refractivity contribution in [3.63, 3.8) is 0 Å². The lowest BCUT2D eigenvalue weighted by molar-refractivity contribution is -0.124. The number of hydrogen-bond donors (Lipinski definition) is 1. The molecule has 0 bridgehead atoms. The van der Waals surface area contributed by atoms with Crippen LogP contribution >= 0.6 is 11.6 Å². The third-order valence-corrected chi connectivity index (χ3v) is 3.50. The van der Waals surface area contributed by atoms with Crippen LogP contribution in [0.5, 0.6) is 5.75 Å². The molecule has 24 heavy (non-hydrogen) atoms. The highest BCUT2D eigenvalue weighted by Gasteiger charge is 2.11. The zero-order chi connectivity index (χ0) is 17.5. The molecule has 2 rings (SSSR count). The number of esters is 1. The molecule has 0 aromatic heterocycles. The summed E-state index contributed by atoms with van der Waals surface area (Å²) >= 11 is 5.86. The quantitative estimate of drug-likeness (QED) is 0.813. The summed E-state index contributed by atoms with van der Waals surface area (Å²) in [6, 6.07) is 10.2. The molecule has 0 fully saturated rings. The van der Waals surface area contributed by atoms with Gasteiger partial charge in [0, 0.05) is 11.6 Å². The molecule has 1 N–H and O–H groups in total. The molecule has 2 aromatic rings. The van der Waals surface area contributed by atoms with E-state index in [-0.39, 0.29) is 11.6 Å². The predicted molar refractivity (Wildman–Crippen MR) is 86.5 cm³/mol. The molecule has 2 aromatic carbocycles. The van der Waals surface area contributed by atoms with Gasteiger partial charge in [0.25, 0.3) is 5.91 Å². The zero-order valence-electron chi connectivity index (χ0n) is 12.8. The number of carbonyl (C=O) groups is 2. The standard InChI is InChI=1S/C17H15ClFNO4/c1-23-14-6-3-11(4-7-14)17(22)24-10-16(21)20-9-12-2-5-13(19)8-15(12)18/h2-8H,9-10H2,1H3,(H,20,21). The zero-order valence-corrected chi connectivity index (χ0v) is 13.6. The Morgan fingerprint density at radius 1 is 1.17 bits per heavy atom. The SMILES string of the molecule is COc1ccc(C(=O)OCC(=O)NCc2ccc(F)cc2Cl)cc1. The van der Waals surface area contributed by atoms with Gasteiger partial charge in [0.1, 0.15) is 11.6 Å². The Morgan fingerprint density at radius 2 is 1.88 bits per heavy atom. The average Bonchev–Trinajstić information content (AvgIpc) is 2.59. The summed E-state index contributed by atoms with van der Waals surface area (Å²) in [5, 5.41) is 2.75. The van der Waals surface area contributed by atoms with Crippen LogP contribution in [0.3, 0.4) is 0 Å². The smallest absolute Gasteiger partial charge is 0.338 e. The van der Waals surface area contributed by atoms with E-state index in [9.17, 15) is 14.0 Å². The van der Waals surface area contributed by atoms with Crippen LogP contribution in [0.25, 0.3) is 0 Å². The highest BCUT2D eigenvalue weighted by atomic mass is 35.5. The van der Waals surface area contributed by atoms with Gasteiger partial charge in [-0.05, 0) is 42.0 Å². The number of ether oxygens (including phenoxy) is 2. The van der Waals surface area contributed by atoms with Gasteiger partial charge >= 0.3 is 5.97 Å². The number of carbonyl (C=O) groups excluding carboxylic acids is 2. The number of hydrogen-bond acceptors (Lipinski definition) is 4. The Hall–Kier alpha value is -2.60. The maximum Gasteiger partial charge on any atom is 0.338 e. The maximum absolute atomic E-state index is 12.9. The van der Waals surface area contributed by atoms with Gasteiger partial charge in [-0.2, -0.15) is 0 Å². The Kier molecular flexibility index (Phi) is 6.14. The van der Waals surface area contributed by atoms with E-state index in [1.54, 1.807) is 12.1 Å². The average molecular weight is 352 g/mol. The first-order chi connectivity index (χ1) is 11.5. The highest BCUT2D eigenvalue weighted by molar-refractivity contribution is 6.31. The van der Waals surface area contributed by atoms with Crippen molar-refractivity contribution in [2.75, 3.05) is 13.7 Å². The minimum absolute atomic E-state index is 0.109. The molecule has 0 heterocycles. The van der Waals surface area contributed by atoms with Gasteiger partial charge < -0.3 is 14.8 Å². The van der Waals surface area contributed by atoms with Crippen LogP contribution in [-0.2, 0) is 16.1 Å². The van der Waals surface area contributed by atoms with Gasteiger partial charge in [-0.3, -0.25) is 4.79 Å². The van der Waals surface area contributed by atoms with Gasteiger partial charge in [0.15, 0.2) is 6.61 Å². The first-order valence-corrected chi connectivity index (χ1v) is 7.39. The van der Waals surface area contributed by atoms with Crippen LogP contribution in [0.1, 0.15) is 15.9 Å². The molecule has 0 saturated carbocycles. The third-order valence-electron chi connectivity index (χ3n) is 3.15. The number of methoxy groups -OCH3 is 1. The van der Waals surface area contributed by atoms with Crippen molar-refractivity contribution in [3.05, 3.63) is 64.4 Å². The third kappa shape index (κ3) is 4.96. The Bertz CT molecular complexity index is 734. The van der Waals surface area contributed by atoms with Gasteiger partial charge in [0.05, 0.1) is 12.7 Å². The Balaban J connectivity index is 1.80. The normalized spacial score (nSPS) is 10.1. The van der Waals surface area contributed by atoms with Crippen LogP contribution in [-0.4, -0.2) is 25.6 Å². The van der Waals surface area contributed by atoms with Gasteiger partial charge in [-0.1, -0.05) is 17.7 Å². The minimum atomic E-state index is -0.618.